The smallest absolute Gasteiger partial charge is 0.0179 e. The summed E-state index contributed by atoms with van der Waals surface area (Å²) in [5.41, 5.74) is 1.60. The zero-order chi connectivity index (χ0) is 9.56. The van der Waals surface area contributed by atoms with Crippen molar-refractivity contribution in [1.29, 1.82) is 0 Å². The maximum atomic E-state index is 2.62. The molecule has 1 nitrogen and oxygen atoms in total. The first-order valence-electron chi connectivity index (χ1n) is 5.35. The number of hydrogen-bond acceptors (Lipinski definition) is 1. The van der Waals surface area contributed by atoms with Gasteiger partial charge in [-0.2, -0.15) is 0 Å². The minimum Gasteiger partial charge on any atom is -0.299 e. The number of hydrogen-bond donors (Lipinski definition) is 0. The molecule has 0 amide bonds. The molecule has 3 heteroatoms. The van der Waals surface area contributed by atoms with E-state index in [0.717, 1.165) is 12.1 Å². The van der Waals surface area contributed by atoms with Gasteiger partial charge in [-0.1, -0.05) is 11.7 Å². The van der Waals surface area contributed by atoms with Gasteiger partial charge in [0.2, 0.25) is 0 Å². The molecule has 0 saturated heterocycles. The predicted octanol–water partition coefficient (Wildman–Crippen LogP) is 0.434. The second kappa shape index (κ2) is 6.86. The highest BCUT2D eigenvalue weighted by atomic mass is 28.2. The van der Waals surface area contributed by atoms with Gasteiger partial charge in [0.1, 0.15) is 0 Å². The van der Waals surface area contributed by atoms with Gasteiger partial charge in [0.15, 0.2) is 0 Å². The van der Waals surface area contributed by atoms with E-state index in [1.54, 1.807) is 5.67 Å². The Morgan fingerprint density at radius 2 is 1.67 bits per heavy atom. The predicted molar refractivity (Wildman–Crippen MR) is 65.1 cm³/mol. The van der Waals surface area contributed by atoms with Gasteiger partial charge in [0.25, 0.3) is 0 Å². The lowest BCUT2D eigenvalue weighted by molar-refractivity contribution is 0.185. The summed E-state index contributed by atoms with van der Waals surface area (Å²) in [5, 5.41) is 0. The van der Waals surface area contributed by atoms with Crippen molar-refractivity contribution in [2.45, 2.75) is 51.5 Å². The van der Waals surface area contributed by atoms with Crippen LogP contribution in [0.4, 0.5) is 0 Å². The Kier molecular flexibility index (Phi) is 7.09. The Morgan fingerprint density at radius 1 is 1.17 bits per heavy atom. The summed E-state index contributed by atoms with van der Waals surface area (Å²) in [4.78, 5) is 2.62. The quantitative estimate of drug-likeness (QED) is 0.447. The van der Waals surface area contributed by atoms with Crippen LogP contribution < -0.4 is 0 Å². The molecule has 0 atom stereocenters. The molecule has 0 aromatic rings. The molecule has 0 N–H and O–H groups in total. The van der Waals surface area contributed by atoms with Gasteiger partial charge in [0.05, 0.1) is 0 Å². The molecule has 0 radical (unpaired) electrons. The van der Waals surface area contributed by atoms with Gasteiger partial charge in [0, 0.05) is 21.6 Å². The Balaban J connectivity index is 3.64. The van der Waals surface area contributed by atoms with Crippen molar-refractivity contribution in [2.75, 3.05) is 6.54 Å². The van der Waals surface area contributed by atoms with Crippen LogP contribution in [0.1, 0.15) is 27.7 Å². The standard InChI is InChI=1S/C9H25NSi2/c1-8(2)10(9(3)4)5-6-12-7-11/h8-9H,5-7,12H2,1-4,11H3. The Labute approximate surface area is 83.2 Å². The average molecular weight is 203 g/mol. The summed E-state index contributed by atoms with van der Waals surface area (Å²) in [7, 11) is 1.77. The molecular weight excluding hydrogens is 178 g/mol. The van der Waals surface area contributed by atoms with E-state index >= 15 is 0 Å². The van der Waals surface area contributed by atoms with Gasteiger partial charge in [-0.3, -0.25) is 4.90 Å². The van der Waals surface area contributed by atoms with Gasteiger partial charge < -0.3 is 0 Å². The molecule has 0 heterocycles. The SMILES string of the molecule is CC(C)N(CC[SiH2]C[SiH3])C(C)C. The fourth-order valence-electron chi connectivity index (χ4n) is 1.66. The van der Waals surface area contributed by atoms with E-state index in [2.05, 4.69) is 32.6 Å². The summed E-state index contributed by atoms with van der Waals surface area (Å²) >= 11 is 0. The largest absolute Gasteiger partial charge is 0.299 e. The highest BCUT2D eigenvalue weighted by molar-refractivity contribution is 6.47. The molecule has 0 aliphatic carbocycles. The van der Waals surface area contributed by atoms with E-state index in [-0.39, 0.29) is 0 Å². The van der Waals surface area contributed by atoms with Crippen LogP contribution in [-0.2, 0) is 0 Å². The third-order valence-corrected chi connectivity index (χ3v) is 5.99. The first-order valence-corrected chi connectivity index (χ1v) is 8.76. The zero-order valence-electron chi connectivity index (χ0n) is 9.43. The second-order valence-corrected chi connectivity index (χ2v) is 9.55. The van der Waals surface area contributed by atoms with Gasteiger partial charge in [-0.15, -0.1) is 0 Å². The fourth-order valence-corrected chi connectivity index (χ4v) is 4.25. The van der Waals surface area contributed by atoms with Crippen LogP contribution in [0.3, 0.4) is 0 Å². The van der Waals surface area contributed by atoms with Gasteiger partial charge in [-0.25, -0.2) is 0 Å². The molecule has 0 aliphatic heterocycles. The van der Waals surface area contributed by atoms with Crippen LogP contribution in [0.25, 0.3) is 0 Å². The van der Waals surface area contributed by atoms with E-state index in [4.69, 9.17) is 0 Å². The minimum atomic E-state index is 0.335. The van der Waals surface area contributed by atoms with Crippen molar-refractivity contribution >= 4 is 19.8 Å². The van der Waals surface area contributed by atoms with E-state index in [1.807, 2.05) is 0 Å². The van der Waals surface area contributed by atoms with E-state index in [0.29, 0.717) is 9.52 Å². The molecule has 0 rings (SSSR count). The van der Waals surface area contributed by atoms with Crippen molar-refractivity contribution in [3.05, 3.63) is 0 Å². The van der Waals surface area contributed by atoms with Crippen molar-refractivity contribution < 1.29 is 0 Å². The van der Waals surface area contributed by atoms with Gasteiger partial charge in [-0.05, 0) is 44.5 Å². The number of rotatable bonds is 6. The molecular formula is C9H25NSi2. The third-order valence-electron chi connectivity index (χ3n) is 2.35. The van der Waals surface area contributed by atoms with E-state index < -0.39 is 0 Å². The van der Waals surface area contributed by atoms with E-state index in [1.165, 1.54) is 22.8 Å². The topological polar surface area (TPSA) is 3.24 Å². The van der Waals surface area contributed by atoms with Crippen LogP contribution >= 0.6 is 0 Å². The maximum absolute atomic E-state index is 2.62. The Hall–Kier alpha value is 0.394. The lowest BCUT2D eigenvalue weighted by Gasteiger charge is -2.30. The highest BCUT2D eigenvalue weighted by Crippen LogP contribution is 2.05. The molecule has 0 saturated carbocycles. The zero-order valence-corrected chi connectivity index (χ0v) is 12.8. The molecule has 0 aromatic carbocycles. The van der Waals surface area contributed by atoms with Crippen molar-refractivity contribution in [3.8, 4) is 0 Å². The normalized spacial score (nSPS) is 13.2. The average Bonchev–Trinajstić information content (AvgIpc) is 1.96. The number of nitrogens with zero attached hydrogens (tertiary/aromatic N) is 1. The molecule has 12 heavy (non-hydrogen) atoms. The first kappa shape index (κ1) is 12.4. The van der Waals surface area contributed by atoms with Crippen LogP contribution in [0.5, 0.6) is 0 Å². The summed E-state index contributed by atoms with van der Waals surface area (Å²) in [6, 6.07) is 2.99. The van der Waals surface area contributed by atoms with E-state index in [9.17, 15) is 0 Å². The maximum Gasteiger partial charge on any atom is 0.0179 e. The lowest BCUT2D eigenvalue weighted by atomic mass is 10.2. The van der Waals surface area contributed by atoms with Crippen LogP contribution in [0, 0.1) is 0 Å². The Morgan fingerprint density at radius 3 is 2.00 bits per heavy atom. The summed E-state index contributed by atoms with van der Waals surface area (Å²) in [6.45, 7) is 10.6. The Bertz CT molecular complexity index is 96.7. The molecule has 0 spiro atoms. The molecule has 0 aliphatic rings. The van der Waals surface area contributed by atoms with Crippen LogP contribution in [0.2, 0.25) is 11.7 Å². The summed E-state index contributed by atoms with van der Waals surface area (Å²) in [6.07, 6.45) is 0. The van der Waals surface area contributed by atoms with Crippen molar-refractivity contribution in [3.63, 3.8) is 0 Å². The molecule has 0 fully saturated rings. The lowest BCUT2D eigenvalue weighted by Crippen LogP contribution is -2.37. The second-order valence-electron chi connectivity index (χ2n) is 4.13. The summed E-state index contributed by atoms with van der Waals surface area (Å²) in [5.74, 6) is 0. The molecule has 0 bridgehead atoms. The third kappa shape index (κ3) is 5.11. The summed E-state index contributed by atoms with van der Waals surface area (Å²) < 4.78 is 0. The molecule has 74 valence electrons. The van der Waals surface area contributed by atoms with Crippen LogP contribution in [-0.4, -0.2) is 43.3 Å². The van der Waals surface area contributed by atoms with Crippen molar-refractivity contribution in [1.82, 2.24) is 4.90 Å². The van der Waals surface area contributed by atoms with Gasteiger partial charge >= 0.3 is 0 Å². The minimum absolute atomic E-state index is 0.335. The first-order chi connectivity index (χ1) is 5.59. The molecule has 0 aromatic heterocycles. The monoisotopic (exact) mass is 203 g/mol. The molecule has 0 unspecified atom stereocenters. The highest BCUT2D eigenvalue weighted by Gasteiger charge is 2.11. The fraction of sp³-hybridized carbons (Fsp3) is 1.00. The van der Waals surface area contributed by atoms with Crippen molar-refractivity contribution in [2.24, 2.45) is 0 Å². The van der Waals surface area contributed by atoms with Crippen LogP contribution in [0.15, 0.2) is 0 Å².